The Morgan fingerprint density at radius 1 is 1.00 bits per heavy atom. The van der Waals surface area contributed by atoms with Crippen molar-refractivity contribution in [3.05, 3.63) is 95.6 Å². The second-order valence-corrected chi connectivity index (χ2v) is 14.0. The fraction of sp³-hybridized carbons (Fsp3) is 0.394. The molecule has 1 unspecified atom stereocenters. The molecule has 2 aliphatic carbocycles. The van der Waals surface area contributed by atoms with Crippen molar-refractivity contribution in [2.75, 3.05) is 25.0 Å². The van der Waals surface area contributed by atoms with Crippen molar-refractivity contribution in [2.24, 2.45) is 11.8 Å². The van der Waals surface area contributed by atoms with Gasteiger partial charge in [0.1, 0.15) is 0 Å². The highest BCUT2D eigenvalue weighted by Gasteiger charge is 2.58. The number of halogens is 2. The van der Waals surface area contributed by atoms with Gasteiger partial charge in [0.05, 0.1) is 16.5 Å². The first-order valence-corrected chi connectivity index (χ1v) is 16.2. The molecule has 6 rings (SSSR count). The number of piperidine rings is 1. The number of fused-ring (bicyclic) bond motifs is 1. The zero-order valence-electron chi connectivity index (χ0n) is 23.8. The summed E-state index contributed by atoms with van der Waals surface area (Å²) in [7, 11) is -3.58. The Bertz CT molecular complexity index is 1650. The highest BCUT2D eigenvalue weighted by molar-refractivity contribution is 7.89. The molecule has 2 amide bonds. The van der Waals surface area contributed by atoms with E-state index in [0.29, 0.717) is 44.0 Å². The van der Waals surface area contributed by atoms with Crippen molar-refractivity contribution in [3.8, 4) is 6.07 Å². The number of nitrogens with zero attached hydrogens (tertiary/aromatic N) is 3. The number of rotatable bonds is 7. The van der Waals surface area contributed by atoms with Gasteiger partial charge in [-0.2, -0.15) is 9.57 Å². The van der Waals surface area contributed by atoms with E-state index in [-0.39, 0.29) is 34.0 Å². The monoisotopic (exact) mass is 604 g/mol. The van der Waals surface area contributed by atoms with E-state index < -0.39 is 21.7 Å². The molecule has 10 heteroatoms. The number of nitrogens with one attached hydrogen (secondary N) is 1. The van der Waals surface area contributed by atoms with Crippen LogP contribution in [0.3, 0.4) is 0 Å². The Balaban J connectivity index is 1.16. The number of nitriles is 1. The highest BCUT2D eigenvalue weighted by atomic mass is 32.2. The fourth-order valence-corrected chi connectivity index (χ4v) is 8.56. The van der Waals surface area contributed by atoms with Crippen LogP contribution >= 0.6 is 0 Å². The van der Waals surface area contributed by atoms with Crippen LogP contribution in [0, 0.1) is 34.8 Å². The van der Waals surface area contributed by atoms with Gasteiger partial charge in [0.15, 0.2) is 11.6 Å². The summed E-state index contributed by atoms with van der Waals surface area (Å²) in [6.45, 7) is 1.18. The topological polar surface area (TPSA) is 93.5 Å². The van der Waals surface area contributed by atoms with E-state index in [1.165, 1.54) is 15.9 Å². The normalized spacial score (nSPS) is 24.0. The van der Waals surface area contributed by atoms with Gasteiger partial charge in [-0.1, -0.05) is 30.3 Å². The molecule has 224 valence electrons. The lowest BCUT2D eigenvalue weighted by Gasteiger charge is -2.40. The number of urea groups is 1. The number of sulfonamides is 1. The zero-order valence-corrected chi connectivity index (χ0v) is 24.6. The molecule has 0 bridgehead atoms. The SMILES string of the molecule is N#Cc1cccc([C@@]23CC[C@@H](N(CC4CCN(S(=O)(=O)c5ccccc5)CC4)C(=O)Nc4ccc(F)c(F)c4)CC2C3)c1. The quantitative estimate of drug-likeness (QED) is 0.344. The Morgan fingerprint density at radius 2 is 1.77 bits per heavy atom. The van der Waals surface area contributed by atoms with E-state index in [4.69, 9.17) is 0 Å². The van der Waals surface area contributed by atoms with Crippen LogP contribution < -0.4 is 5.32 Å². The van der Waals surface area contributed by atoms with Gasteiger partial charge in [-0.05, 0) is 97.7 Å². The number of amides is 2. The zero-order chi connectivity index (χ0) is 30.2. The van der Waals surface area contributed by atoms with Crippen molar-refractivity contribution >= 4 is 21.7 Å². The Kier molecular flexibility index (Phi) is 7.96. The van der Waals surface area contributed by atoms with Gasteiger partial charge in [-0.3, -0.25) is 0 Å². The average Bonchev–Trinajstić information content (AvgIpc) is 3.77. The van der Waals surface area contributed by atoms with Crippen LogP contribution in [-0.2, 0) is 15.4 Å². The van der Waals surface area contributed by atoms with E-state index in [1.54, 1.807) is 30.3 Å². The lowest BCUT2D eigenvalue weighted by atomic mass is 9.79. The lowest BCUT2D eigenvalue weighted by Crippen LogP contribution is -2.49. The van der Waals surface area contributed by atoms with Gasteiger partial charge in [0.2, 0.25) is 10.0 Å². The predicted molar refractivity (Wildman–Crippen MR) is 159 cm³/mol. The number of hydrogen-bond donors (Lipinski definition) is 1. The van der Waals surface area contributed by atoms with E-state index in [9.17, 15) is 27.3 Å². The maximum absolute atomic E-state index is 13.9. The van der Waals surface area contributed by atoms with Gasteiger partial charge < -0.3 is 10.2 Å². The molecule has 3 atom stereocenters. The second kappa shape index (κ2) is 11.7. The molecule has 3 aliphatic rings. The summed E-state index contributed by atoms with van der Waals surface area (Å²) >= 11 is 0. The van der Waals surface area contributed by atoms with Gasteiger partial charge in [-0.25, -0.2) is 22.0 Å². The minimum absolute atomic E-state index is 0.0305. The van der Waals surface area contributed by atoms with Crippen LogP contribution in [0.15, 0.2) is 77.7 Å². The smallest absolute Gasteiger partial charge is 0.321 e. The van der Waals surface area contributed by atoms with Crippen molar-refractivity contribution in [1.82, 2.24) is 9.21 Å². The summed E-state index contributed by atoms with van der Waals surface area (Å²) in [6.07, 6.45) is 4.71. The maximum Gasteiger partial charge on any atom is 0.322 e. The second-order valence-electron chi connectivity index (χ2n) is 12.0. The van der Waals surface area contributed by atoms with Crippen LogP contribution in [0.1, 0.15) is 49.7 Å². The fourth-order valence-electron chi connectivity index (χ4n) is 7.06. The number of carbonyl (C=O) groups excluding carboxylic acids is 1. The minimum Gasteiger partial charge on any atom is -0.321 e. The first-order chi connectivity index (χ1) is 20.7. The predicted octanol–water partition coefficient (Wildman–Crippen LogP) is 6.28. The molecule has 2 saturated carbocycles. The van der Waals surface area contributed by atoms with Crippen LogP contribution in [0.5, 0.6) is 0 Å². The first kappa shape index (κ1) is 29.3. The van der Waals surface area contributed by atoms with Gasteiger partial charge in [-0.15, -0.1) is 0 Å². The third kappa shape index (κ3) is 5.89. The molecule has 0 radical (unpaired) electrons. The number of carbonyl (C=O) groups is 1. The summed E-state index contributed by atoms with van der Waals surface area (Å²) in [6, 6.07) is 21.3. The van der Waals surface area contributed by atoms with Crippen LogP contribution in [0.25, 0.3) is 0 Å². The molecule has 7 nitrogen and oxygen atoms in total. The largest absolute Gasteiger partial charge is 0.322 e. The first-order valence-electron chi connectivity index (χ1n) is 14.8. The molecule has 3 aromatic carbocycles. The Morgan fingerprint density at radius 3 is 2.47 bits per heavy atom. The molecule has 3 aromatic rings. The summed E-state index contributed by atoms with van der Waals surface area (Å²) in [5.74, 6) is -1.53. The summed E-state index contributed by atoms with van der Waals surface area (Å²) in [5.41, 5.74) is 2.04. The third-order valence-electron chi connectivity index (χ3n) is 9.56. The lowest BCUT2D eigenvalue weighted by molar-refractivity contribution is 0.132. The van der Waals surface area contributed by atoms with Gasteiger partial charge in [0.25, 0.3) is 0 Å². The van der Waals surface area contributed by atoms with Crippen LogP contribution in [-0.4, -0.2) is 49.3 Å². The molecule has 1 aliphatic heterocycles. The average molecular weight is 605 g/mol. The number of benzene rings is 3. The van der Waals surface area contributed by atoms with Gasteiger partial charge >= 0.3 is 6.03 Å². The molecule has 0 spiro atoms. The van der Waals surface area contributed by atoms with E-state index in [2.05, 4.69) is 17.5 Å². The molecule has 1 N–H and O–H groups in total. The van der Waals surface area contributed by atoms with Crippen molar-refractivity contribution in [3.63, 3.8) is 0 Å². The van der Waals surface area contributed by atoms with Crippen molar-refractivity contribution in [2.45, 2.75) is 54.9 Å². The standard InChI is InChI=1S/C33H34F2N4O3S/c34-30-10-9-27(19-31(30)35)37-32(40)39(22-23-12-15-38(16-13-23)43(41,42)29-7-2-1-3-8-29)28-11-14-33(20-26(33)18-28)25-6-4-5-24(17-25)21-36/h1-10,17,19,23,26,28H,11-16,18,20,22H2,(H,37,40)/t26?,28-,33+/m1/s1. The van der Waals surface area contributed by atoms with Crippen LogP contribution in [0.4, 0.5) is 19.3 Å². The molecule has 43 heavy (non-hydrogen) atoms. The van der Waals surface area contributed by atoms with Gasteiger partial charge in [0, 0.05) is 37.4 Å². The van der Waals surface area contributed by atoms with E-state index >= 15 is 0 Å². The number of hydrogen-bond acceptors (Lipinski definition) is 4. The molecular weight excluding hydrogens is 570 g/mol. The molecular formula is C33H34F2N4O3S. The molecule has 3 fully saturated rings. The van der Waals surface area contributed by atoms with E-state index in [1.807, 2.05) is 23.1 Å². The summed E-state index contributed by atoms with van der Waals surface area (Å²) in [5, 5.41) is 12.2. The molecule has 1 saturated heterocycles. The minimum atomic E-state index is -3.58. The molecule has 1 heterocycles. The van der Waals surface area contributed by atoms with Crippen molar-refractivity contribution < 1.29 is 22.0 Å². The third-order valence-corrected chi connectivity index (χ3v) is 11.5. The van der Waals surface area contributed by atoms with Crippen molar-refractivity contribution in [1.29, 1.82) is 5.26 Å². The van der Waals surface area contributed by atoms with Crippen LogP contribution in [0.2, 0.25) is 0 Å². The summed E-state index contributed by atoms with van der Waals surface area (Å²) < 4.78 is 55.2. The highest BCUT2D eigenvalue weighted by Crippen LogP contribution is 2.63. The maximum atomic E-state index is 13.9. The summed E-state index contributed by atoms with van der Waals surface area (Å²) in [4.78, 5) is 15.8. The van der Waals surface area contributed by atoms with E-state index in [0.717, 1.165) is 37.8 Å². The molecule has 0 aromatic heterocycles. The Labute approximate surface area is 251 Å². The Hall–Kier alpha value is -3.81. The number of anilines is 1.